The Kier molecular flexibility index (Phi) is 4.47. The Balaban J connectivity index is 2.19. The van der Waals surface area contributed by atoms with Gasteiger partial charge in [0, 0.05) is 18.3 Å². The van der Waals surface area contributed by atoms with Gasteiger partial charge in [-0.2, -0.15) is 0 Å². The molecule has 2 rings (SSSR count). The Morgan fingerprint density at radius 1 is 1.38 bits per heavy atom. The molecule has 0 radical (unpaired) electrons. The number of hydrogen-bond acceptors (Lipinski definition) is 6. The first-order valence-electron chi connectivity index (χ1n) is 5.57. The fourth-order valence-corrected chi connectivity index (χ4v) is 4.27. The van der Waals surface area contributed by atoms with Gasteiger partial charge in [-0.05, 0) is 17.7 Å². The number of nitro groups is 1. The van der Waals surface area contributed by atoms with Gasteiger partial charge < -0.3 is 5.73 Å². The molecule has 0 saturated heterocycles. The van der Waals surface area contributed by atoms with Crippen molar-refractivity contribution in [3.63, 3.8) is 0 Å². The van der Waals surface area contributed by atoms with Crippen molar-refractivity contribution in [1.82, 2.24) is 4.72 Å². The molecule has 1 heterocycles. The van der Waals surface area contributed by atoms with Crippen molar-refractivity contribution in [2.75, 3.05) is 5.73 Å². The number of benzene rings is 1. The minimum Gasteiger partial charge on any atom is -0.399 e. The van der Waals surface area contributed by atoms with Crippen LogP contribution in [0.15, 0.2) is 34.5 Å². The van der Waals surface area contributed by atoms with Gasteiger partial charge >= 0.3 is 0 Å². The molecule has 7 nitrogen and oxygen atoms in total. The summed E-state index contributed by atoms with van der Waals surface area (Å²) in [6.07, 6.45) is 0. The van der Waals surface area contributed by atoms with Crippen LogP contribution in [0.2, 0.25) is 4.34 Å². The molecule has 112 valence electrons. The standard InChI is InChI=1S/C11H10ClN3O4S2/c12-11-9(15(16)17)5-10(20-11)21(18,19)14-6-7-2-1-3-8(13)4-7/h1-5,14H,6,13H2. The molecule has 0 bridgehead atoms. The molecule has 2 aromatic rings. The third kappa shape index (κ3) is 3.70. The second kappa shape index (κ2) is 5.98. The Bertz CT molecular complexity index is 789. The maximum Gasteiger partial charge on any atom is 0.300 e. The average molecular weight is 348 g/mol. The van der Waals surface area contributed by atoms with E-state index in [0.29, 0.717) is 22.6 Å². The van der Waals surface area contributed by atoms with Gasteiger partial charge in [0.15, 0.2) is 4.34 Å². The van der Waals surface area contributed by atoms with Crippen LogP contribution in [0.4, 0.5) is 11.4 Å². The van der Waals surface area contributed by atoms with Crippen molar-refractivity contribution < 1.29 is 13.3 Å². The summed E-state index contributed by atoms with van der Waals surface area (Å²) < 4.78 is 26.1. The highest BCUT2D eigenvalue weighted by atomic mass is 35.5. The van der Waals surface area contributed by atoms with Crippen molar-refractivity contribution in [2.45, 2.75) is 10.8 Å². The highest BCUT2D eigenvalue weighted by Gasteiger charge is 2.24. The normalized spacial score (nSPS) is 11.5. The lowest BCUT2D eigenvalue weighted by Gasteiger charge is -2.05. The van der Waals surface area contributed by atoms with Crippen LogP contribution < -0.4 is 10.5 Å². The molecule has 0 aliphatic carbocycles. The first kappa shape index (κ1) is 15.7. The fraction of sp³-hybridized carbons (Fsp3) is 0.0909. The van der Waals surface area contributed by atoms with Gasteiger partial charge in [-0.15, -0.1) is 11.3 Å². The summed E-state index contributed by atoms with van der Waals surface area (Å²) in [6.45, 7) is 0.0245. The van der Waals surface area contributed by atoms with Gasteiger partial charge in [-0.1, -0.05) is 23.7 Å². The quantitative estimate of drug-likeness (QED) is 0.489. The van der Waals surface area contributed by atoms with Crippen LogP contribution in [0.1, 0.15) is 5.56 Å². The molecule has 0 spiro atoms. The van der Waals surface area contributed by atoms with E-state index >= 15 is 0 Å². The Labute approximate surface area is 129 Å². The van der Waals surface area contributed by atoms with Crippen molar-refractivity contribution >= 4 is 44.3 Å². The number of halogens is 1. The molecule has 0 atom stereocenters. The molecule has 0 unspecified atom stereocenters. The zero-order valence-corrected chi connectivity index (χ0v) is 12.8. The molecule has 1 aromatic carbocycles. The lowest BCUT2D eigenvalue weighted by molar-refractivity contribution is -0.384. The predicted molar refractivity (Wildman–Crippen MR) is 80.9 cm³/mol. The van der Waals surface area contributed by atoms with E-state index in [1.165, 1.54) is 0 Å². The number of nitrogen functional groups attached to an aromatic ring is 1. The minimum absolute atomic E-state index is 0.0245. The van der Waals surface area contributed by atoms with E-state index in [-0.39, 0.29) is 15.1 Å². The number of rotatable bonds is 5. The zero-order chi connectivity index (χ0) is 15.6. The van der Waals surface area contributed by atoms with Gasteiger partial charge in [0.25, 0.3) is 15.7 Å². The zero-order valence-electron chi connectivity index (χ0n) is 10.4. The van der Waals surface area contributed by atoms with Crippen molar-refractivity contribution in [3.8, 4) is 0 Å². The van der Waals surface area contributed by atoms with Crippen molar-refractivity contribution in [3.05, 3.63) is 50.3 Å². The summed E-state index contributed by atoms with van der Waals surface area (Å²) in [7, 11) is -3.87. The number of nitrogens with one attached hydrogen (secondary N) is 1. The fourth-order valence-electron chi connectivity index (χ4n) is 1.55. The number of nitrogens with zero attached hydrogens (tertiary/aromatic N) is 1. The maximum absolute atomic E-state index is 12.1. The highest BCUT2D eigenvalue weighted by molar-refractivity contribution is 7.91. The Morgan fingerprint density at radius 2 is 2.10 bits per heavy atom. The third-order valence-corrected chi connectivity index (χ3v) is 5.74. The molecule has 0 fully saturated rings. The summed E-state index contributed by atoms with van der Waals surface area (Å²) in [6, 6.07) is 7.66. The van der Waals surface area contributed by atoms with Crippen molar-refractivity contribution in [1.29, 1.82) is 0 Å². The number of thiophene rings is 1. The van der Waals surface area contributed by atoms with Crippen LogP contribution in [-0.2, 0) is 16.6 Å². The van der Waals surface area contributed by atoms with E-state index in [4.69, 9.17) is 17.3 Å². The molecule has 1 aromatic heterocycles. The molecule has 3 N–H and O–H groups in total. The van der Waals surface area contributed by atoms with E-state index in [2.05, 4.69) is 4.72 Å². The lowest BCUT2D eigenvalue weighted by atomic mass is 10.2. The van der Waals surface area contributed by atoms with E-state index < -0.39 is 20.6 Å². The van der Waals surface area contributed by atoms with Crippen LogP contribution in [0.3, 0.4) is 0 Å². The van der Waals surface area contributed by atoms with Gasteiger partial charge in [0.2, 0.25) is 0 Å². The van der Waals surface area contributed by atoms with E-state index in [1.807, 2.05) is 0 Å². The second-order valence-corrected chi connectivity index (χ2v) is 7.70. The van der Waals surface area contributed by atoms with E-state index in [9.17, 15) is 18.5 Å². The molecule has 0 aliphatic rings. The monoisotopic (exact) mass is 347 g/mol. The summed E-state index contributed by atoms with van der Waals surface area (Å²) in [5.74, 6) is 0. The third-order valence-electron chi connectivity index (χ3n) is 2.53. The largest absolute Gasteiger partial charge is 0.399 e. The van der Waals surface area contributed by atoms with E-state index in [1.54, 1.807) is 24.3 Å². The smallest absolute Gasteiger partial charge is 0.300 e. The first-order valence-corrected chi connectivity index (χ1v) is 8.25. The maximum atomic E-state index is 12.1. The van der Waals surface area contributed by atoms with Gasteiger partial charge in [0.1, 0.15) is 4.21 Å². The molecule has 21 heavy (non-hydrogen) atoms. The SMILES string of the molecule is Nc1cccc(CNS(=O)(=O)c2cc([N+](=O)[O-])c(Cl)s2)c1. The van der Waals surface area contributed by atoms with Crippen LogP contribution in [0.25, 0.3) is 0 Å². The molecular formula is C11H10ClN3O4S2. The summed E-state index contributed by atoms with van der Waals surface area (Å²) >= 11 is 6.29. The van der Waals surface area contributed by atoms with Gasteiger partial charge in [0.05, 0.1) is 4.92 Å². The Hall–Kier alpha value is -1.68. The summed E-state index contributed by atoms with van der Waals surface area (Å²) in [4.78, 5) is 9.95. The number of hydrogen-bond donors (Lipinski definition) is 2. The number of sulfonamides is 1. The first-order chi connectivity index (χ1) is 9.79. The highest BCUT2D eigenvalue weighted by Crippen LogP contribution is 2.36. The Morgan fingerprint density at radius 3 is 2.67 bits per heavy atom. The minimum atomic E-state index is -3.87. The lowest BCUT2D eigenvalue weighted by Crippen LogP contribution is -2.22. The van der Waals surface area contributed by atoms with Crippen LogP contribution in [-0.4, -0.2) is 13.3 Å². The van der Waals surface area contributed by atoms with Crippen LogP contribution in [0.5, 0.6) is 0 Å². The number of anilines is 1. The summed E-state index contributed by atoms with van der Waals surface area (Å²) in [5.41, 5.74) is 6.36. The molecule has 0 saturated carbocycles. The average Bonchev–Trinajstić information content (AvgIpc) is 2.80. The predicted octanol–water partition coefficient (Wildman–Crippen LogP) is 2.37. The van der Waals surface area contributed by atoms with Gasteiger partial charge in [-0.25, -0.2) is 13.1 Å². The van der Waals surface area contributed by atoms with Crippen LogP contribution in [0, 0.1) is 10.1 Å². The molecule has 0 aliphatic heterocycles. The van der Waals surface area contributed by atoms with Gasteiger partial charge in [-0.3, -0.25) is 10.1 Å². The molecule has 10 heteroatoms. The second-order valence-electron chi connectivity index (χ2n) is 4.05. The van der Waals surface area contributed by atoms with Crippen LogP contribution >= 0.6 is 22.9 Å². The van der Waals surface area contributed by atoms with Crippen molar-refractivity contribution in [2.24, 2.45) is 0 Å². The van der Waals surface area contributed by atoms with E-state index in [0.717, 1.165) is 6.07 Å². The topological polar surface area (TPSA) is 115 Å². The molecule has 0 amide bonds. The summed E-state index contributed by atoms with van der Waals surface area (Å²) in [5, 5.41) is 10.7. The molecular weight excluding hydrogens is 338 g/mol. The number of nitrogens with two attached hydrogens (primary N) is 1.